The summed E-state index contributed by atoms with van der Waals surface area (Å²) in [5, 5.41) is 15.1. The minimum Gasteiger partial charge on any atom is -0.444 e. The Bertz CT molecular complexity index is 733. The molecule has 11 heteroatoms. The number of amidine groups is 1. The van der Waals surface area contributed by atoms with Crippen LogP contribution in [-0.4, -0.2) is 51.4 Å². The van der Waals surface area contributed by atoms with Crippen LogP contribution >= 0.6 is 23.5 Å². The van der Waals surface area contributed by atoms with Crippen LogP contribution in [-0.2, 0) is 20.8 Å². The van der Waals surface area contributed by atoms with Crippen LogP contribution in [0.5, 0.6) is 0 Å². The third-order valence-corrected chi connectivity index (χ3v) is 6.70. The van der Waals surface area contributed by atoms with E-state index in [2.05, 4.69) is 41.4 Å². The summed E-state index contributed by atoms with van der Waals surface area (Å²) in [6.07, 6.45) is 3.81. The molecule has 0 aliphatic carbocycles. The first-order valence-electron chi connectivity index (χ1n) is 9.99. The standard InChI is InChI=1S/C19H31N5O4S2/c1-19(2,3)13-10-21-16(28-13)12-29-17-11-22-18(30-17)23-14(25)6-4-8-20-9-5-7-15(26)24-27/h10,17,20,27H,4-9,11-12H2,1-3H3,(H,24,26)(H,22,23,25). The second kappa shape index (κ2) is 12.3. The van der Waals surface area contributed by atoms with Crippen molar-refractivity contribution in [1.29, 1.82) is 0 Å². The number of carbonyl (C=O) groups excluding carboxylic acids is 2. The van der Waals surface area contributed by atoms with E-state index in [1.165, 1.54) is 0 Å². The summed E-state index contributed by atoms with van der Waals surface area (Å²) >= 11 is 3.27. The number of nitrogens with zero attached hydrogens (tertiary/aromatic N) is 2. The maximum absolute atomic E-state index is 12.1. The van der Waals surface area contributed by atoms with Crippen LogP contribution < -0.4 is 16.1 Å². The fourth-order valence-corrected chi connectivity index (χ4v) is 4.62. The Labute approximate surface area is 185 Å². The van der Waals surface area contributed by atoms with Crippen LogP contribution in [0.25, 0.3) is 0 Å². The molecule has 0 saturated carbocycles. The molecule has 168 valence electrons. The zero-order chi connectivity index (χ0) is 22.0. The van der Waals surface area contributed by atoms with Gasteiger partial charge in [-0.15, -0.1) is 11.8 Å². The lowest BCUT2D eigenvalue weighted by Crippen LogP contribution is -2.28. The van der Waals surface area contributed by atoms with E-state index in [-0.39, 0.29) is 22.3 Å². The number of hydroxylamine groups is 1. The first kappa shape index (κ1) is 24.7. The van der Waals surface area contributed by atoms with E-state index >= 15 is 0 Å². The molecule has 2 rings (SSSR count). The molecule has 1 atom stereocenters. The predicted molar refractivity (Wildman–Crippen MR) is 120 cm³/mol. The van der Waals surface area contributed by atoms with Gasteiger partial charge in [-0.3, -0.25) is 19.8 Å². The summed E-state index contributed by atoms with van der Waals surface area (Å²) in [5.74, 6) is 1.84. The maximum atomic E-state index is 12.1. The third kappa shape index (κ3) is 9.07. The quantitative estimate of drug-likeness (QED) is 0.226. The van der Waals surface area contributed by atoms with Crippen LogP contribution in [0.1, 0.15) is 58.1 Å². The molecule has 30 heavy (non-hydrogen) atoms. The largest absolute Gasteiger partial charge is 0.444 e. The Kier molecular flexibility index (Phi) is 10.2. The molecule has 2 amide bonds. The van der Waals surface area contributed by atoms with E-state index in [1.54, 1.807) is 35.2 Å². The first-order chi connectivity index (χ1) is 14.3. The smallest absolute Gasteiger partial charge is 0.243 e. The van der Waals surface area contributed by atoms with E-state index in [1.807, 2.05) is 0 Å². The molecule has 0 fully saturated rings. The van der Waals surface area contributed by atoms with Gasteiger partial charge in [0.2, 0.25) is 17.7 Å². The second-order valence-electron chi connectivity index (χ2n) is 7.91. The molecule has 1 aliphatic rings. The summed E-state index contributed by atoms with van der Waals surface area (Å²) in [4.78, 5) is 31.7. The topological polar surface area (TPSA) is 129 Å². The Morgan fingerprint density at radius 1 is 1.27 bits per heavy atom. The summed E-state index contributed by atoms with van der Waals surface area (Å²) in [6, 6.07) is 0. The Morgan fingerprint density at radius 3 is 2.60 bits per heavy atom. The number of amides is 2. The Hall–Kier alpha value is -1.56. The Morgan fingerprint density at radius 2 is 1.97 bits per heavy atom. The van der Waals surface area contributed by atoms with Gasteiger partial charge >= 0.3 is 0 Å². The van der Waals surface area contributed by atoms with Gasteiger partial charge in [0.15, 0.2) is 5.17 Å². The van der Waals surface area contributed by atoms with Gasteiger partial charge in [-0.05, 0) is 25.9 Å². The SMILES string of the molecule is CC(C)(C)c1cnc(CSC2CN=C(NC(=O)CCCNCCCC(=O)NO)S2)o1. The molecular weight excluding hydrogens is 426 g/mol. The molecule has 0 radical (unpaired) electrons. The molecule has 4 N–H and O–H groups in total. The fraction of sp³-hybridized carbons (Fsp3) is 0.684. The highest BCUT2D eigenvalue weighted by atomic mass is 32.2. The van der Waals surface area contributed by atoms with Crippen molar-refractivity contribution in [2.45, 2.75) is 62.2 Å². The molecule has 1 unspecified atom stereocenters. The number of hydrogen-bond donors (Lipinski definition) is 4. The van der Waals surface area contributed by atoms with Crippen molar-refractivity contribution in [3.8, 4) is 0 Å². The average molecular weight is 458 g/mol. The lowest BCUT2D eigenvalue weighted by Gasteiger charge is -2.13. The van der Waals surface area contributed by atoms with Crippen molar-refractivity contribution in [3.63, 3.8) is 0 Å². The van der Waals surface area contributed by atoms with E-state index in [9.17, 15) is 9.59 Å². The molecular formula is C19H31N5O4S2. The molecule has 0 aromatic carbocycles. The number of aromatic nitrogens is 1. The lowest BCUT2D eigenvalue weighted by atomic mass is 9.94. The van der Waals surface area contributed by atoms with Gasteiger partial charge in [0.25, 0.3) is 0 Å². The van der Waals surface area contributed by atoms with E-state index < -0.39 is 5.91 Å². The summed E-state index contributed by atoms with van der Waals surface area (Å²) in [7, 11) is 0. The molecule has 2 heterocycles. The normalized spacial score (nSPS) is 16.4. The molecule has 1 aromatic rings. The minimum atomic E-state index is -0.391. The highest BCUT2D eigenvalue weighted by Gasteiger charge is 2.23. The van der Waals surface area contributed by atoms with Gasteiger partial charge in [-0.25, -0.2) is 10.5 Å². The van der Waals surface area contributed by atoms with E-state index in [4.69, 9.17) is 9.62 Å². The maximum Gasteiger partial charge on any atom is 0.243 e. The third-order valence-electron chi connectivity index (χ3n) is 4.20. The van der Waals surface area contributed by atoms with Gasteiger partial charge in [-0.2, -0.15) is 0 Å². The van der Waals surface area contributed by atoms with Gasteiger partial charge in [0.05, 0.1) is 23.1 Å². The van der Waals surface area contributed by atoms with Crippen molar-refractivity contribution in [1.82, 2.24) is 21.1 Å². The fourth-order valence-electron chi connectivity index (χ4n) is 2.51. The number of oxazole rings is 1. The number of nitrogens with one attached hydrogen (secondary N) is 3. The van der Waals surface area contributed by atoms with E-state index in [0.717, 1.165) is 5.76 Å². The number of hydrogen-bond acceptors (Lipinski definition) is 9. The highest BCUT2D eigenvalue weighted by molar-refractivity contribution is 8.25. The van der Waals surface area contributed by atoms with Gasteiger partial charge < -0.3 is 15.1 Å². The molecule has 1 aromatic heterocycles. The number of thioether (sulfide) groups is 2. The van der Waals surface area contributed by atoms with Crippen molar-refractivity contribution < 1.29 is 19.2 Å². The van der Waals surface area contributed by atoms with Crippen molar-refractivity contribution >= 4 is 40.5 Å². The molecule has 9 nitrogen and oxygen atoms in total. The predicted octanol–water partition coefficient (Wildman–Crippen LogP) is 2.41. The van der Waals surface area contributed by atoms with Crippen LogP contribution in [0.4, 0.5) is 0 Å². The van der Waals surface area contributed by atoms with Crippen molar-refractivity contribution in [2.24, 2.45) is 4.99 Å². The summed E-state index contributed by atoms with van der Waals surface area (Å²) in [5.41, 5.74) is 1.55. The van der Waals surface area contributed by atoms with Crippen LogP contribution in [0, 0.1) is 0 Å². The van der Waals surface area contributed by atoms with E-state index in [0.29, 0.717) is 55.7 Å². The molecule has 0 saturated heterocycles. The zero-order valence-corrected chi connectivity index (χ0v) is 19.3. The van der Waals surface area contributed by atoms with Gasteiger partial charge in [-0.1, -0.05) is 32.5 Å². The first-order valence-corrected chi connectivity index (χ1v) is 11.9. The average Bonchev–Trinajstić information content (AvgIpc) is 3.34. The Balaban J connectivity index is 1.54. The minimum absolute atomic E-state index is 0.0455. The number of rotatable bonds is 11. The van der Waals surface area contributed by atoms with Crippen molar-refractivity contribution in [3.05, 3.63) is 17.8 Å². The number of aliphatic imine (C=N–C) groups is 1. The van der Waals surface area contributed by atoms with Gasteiger partial charge in [0, 0.05) is 18.3 Å². The molecule has 0 spiro atoms. The van der Waals surface area contributed by atoms with Crippen LogP contribution in [0.3, 0.4) is 0 Å². The molecule has 0 bridgehead atoms. The highest BCUT2D eigenvalue weighted by Crippen LogP contribution is 2.32. The van der Waals surface area contributed by atoms with Crippen LogP contribution in [0.2, 0.25) is 0 Å². The second-order valence-corrected chi connectivity index (χ2v) is 10.6. The van der Waals surface area contributed by atoms with Crippen LogP contribution in [0.15, 0.2) is 15.6 Å². The number of carbonyl (C=O) groups is 2. The summed E-state index contributed by atoms with van der Waals surface area (Å²) in [6.45, 7) is 8.29. The summed E-state index contributed by atoms with van der Waals surface area (Å²) < 4.78 is 6.05. The van der Waals surface area contributed by atoms with Crippen molar-refractivity contribution in [2.75, 3.05) is 19.6 Å². The monoisotopic (exact) mass is 457 g/mol. The lowest BCUT2D eigenvalue weighted by molar-refractivity contribution is -0.129. The zero-order valence-electron chi connectivity index (χ0n) is 17.7. The molecule has 1 aliphatic heterocycles. The van der Waals surface area contributed by atoms with Gasteiger partial charge in [0.1, 0.15) is 5.76 Å².